The minimum Gasteiger partial charge on any atom is -0.338 e. The molecule has 1 aromatic carbocycles. The molecule has 1 aliphatic rings. The molecular weight excluding hydrogens is 358 g/mol. The Balaban J connectivity index is 1.67. The third-order valence-electron chi connectivity index (χ3n) is 5.44. The van der Waals surface area contributed by atoms with E-state index >= 15 is 0 Å². The van der Waals surface area contributed by atoms with Crippen LogP contribution < -0.4 is 5.43 Å². The van der Waals surface area contributed by atoms with Crippen molar-refractivity contribution in [3.63, 3.8) is 0 Å². The zero-order valence-electron chi connectivity index (χ0n) is 15.4. The second-order valence-electron chi connectivity index (χ2n) is 7.60. The summed E-state index contributed by atoms with van der Waals surface area (Å²) in [5, 5.41) is 18.6. The van der Waals surface area contributed by atoms with Crippen LogP contribution in [-0.4, -0.2) is 48.9 Å². The van der Waals surface area contributed by atoms with Gasteiger partial charge in [0.25, 0.3) is 0 Å². The number of hydrogen-bond donors (Lipinski definition) is 1. The van der Waals surface area contributed by atoms with Gasteiger partial charge in [-0.25, -0.2) is 9.97 Å². The van der Waals surface area contributed by atoms with Gasteiger partial charge in [0.2, 0.25) is 11.3 Å². The van der Waals surface area contributed by atoms with Crippen LogP contribution >= 0.6 is 0 Å². The molecule has 1 saturated heterocycles. The molecule has 0 aliphatic carbocycles. The Kier molecular flexibility index (Phi) is 3.40. The average Bonchev–Trinajstić information content (AvgIpc) is 3.24. The predicted octanol–water partition coefficient (Wildman–Crippen LogP) is 1.44. The number of carbonyl (C=O) groups is 1. The van der Waals surface area contributed by atoms with Gasteiger partial charge in [0.1, 0.15) is 0 Å². The zero-order valence-corrected chi connectivity index (χ0v) is 15.4. The van der Waals surface area contributed by atoms with Crippen LogP contribution in [0.1, 0.15) is 19.9 Å². The topological polar surface area (TPSA) is 121 Å². The van der Waals surface area contributed by atoms with Gasteiger partial charge < -0.3 is 4.90 Å². The number of benzene rings is 1. The molecule has 1 fully saturated rings. The fourth-order valence-electron chi connectivity index (χ4n) is 3.94. The van der Waals surface area contributed by atoms with Crippen LogP contribution in [0.5, 0.6) is 0 Å². The Hall–Kier alpha value is -3.54. The molecule has 9 nitrogen and oxygen atoms in total. The van der Waals surface area contributed by atoms with Crippen molar-refractivity contribution >= 4 is 38.7 Å². The highest BCUT2D eigenvalue weighted by molar-refractivity contribution is 6.17. The molecule has 28 heavy (non-hydrogen) atoms. The number of amides is 1. The Morgan fingerprint density at radius 3 is 2.82 bits per heavy atom. The first-order valence-corrected chi connectivity index (χ1v) is 9.15. The zero-order chi connectivity index (χ0) is 19.6. The normalized spacial score (nSPS) is 16.1. The highest BCUT2D eigenvalue weighted by Gasteiger charge is 2.37. The van der Waals surface area contributed by atoms with E-state index in [2.05, 4.69) is 26.2 Å². The fraction of sp³-hybridized carbons (Fsp3) is 0.368. The number of carbonyl (C=O) groups excluding carboxylic acids is 1. The Labute approximate surface area is 158 Å². The lowest BCUT2D eigenvalue weighted by atomic mass is 9.97. The highest BCUT2D eigenvalue weighted by Crippen LogP contribution is 2.29. The van der Waals surface area contributed by atoms with Crippen molar-refractivity contribution in [1.82, 2.24) is 29.9 Å². The molecule has 5 rings (SSSR count). The summed E-state index contributed by atoms with van der Waals surface area (Å²) in [7, 11) is 0. The quantitative estimate of drug-likeness (QED) is 0.578. The summed E-state index contributed by atoms with van der Waals surface area (Å²) < 4.78 is 0. The monoisotopic (exact) mass is 375 g/mol. The number of nitrogens with one attached hydrogen (secondary N) is 1. The number of pyridine rings is 1. The van der Waals surface area contributed by atoms with Gasteiger partial charge in [0, 0.05) is 36.3 Å². The van der Waals surface area contributed by atoms with E-state index in [0.29, 0.717) is 35.0 Å². The van der Waals surface area contributed by atoms with Crippen molar-refractivity contribution in [2.24, 2.45) is 11.8 Å². The number of aromatic amines is 1. The van der Waals surface area contributed by atoms with Crippen LogP contribution in [0.2, 0.25) is 0 Å². The molecule has 0 bridgehead atoms. The molecule has 1 aliphatic heterocycles. The summed E-state index contributed by atoms with van der Waals surface area (Å²) in [5.41, 5.74) is 1.16. The number of fused-ring (bicyclic) bond motifs is 2. The van der Waals surface area contributed by atoms with Gasteiger partial charge in [-0.3, -0.25) is 14.7 Å². The van der Waals surface area contributed by atoms with E-state index in [1.165, 1.54) is 11.0 Å². The lowest BCUT2D eigenvalue weighted by Gasteiger charge is -2.38. The van der Waals surface area contributed by atoms with Crippen LogP contribution in [0.15, 0.2) is 23.3 Å². The molecule has 1 atom stereocenters. The maximum absolute atomic E-state index is 13.0. The largest absolute Gasteiger partial charge is 0.338 e. The molecule has 4 heterocycles. The van der Waals surface area contributed by atoms with E-state index in [1.54, 1.807) is 11.1 Å². The van der Waals surface area contributed by atoms with Gasteiger partial charge in [0.15, 0.2) is 17.2 Å². The maximum atomic E-state index is 13.0. The van der Waals surface area contributed by atoms with E-state index < -0.39 is 6.04 Å². The van der Waals surface area contributed by atoms with Crippen molar-refractivity contribution in [3.05, 3.63) is 28.7 Å². The minimum atomic E-state index is -0.581. The van der Waals surface area contributed by atoms with Gasteiger partial charge in [0.05, 0.1) is 22.9 Å². The number of nitriles is 1. The molecule has 1 N–H and O–H groups in total. The molecule has 140 valence electrons. The van der Waals surface area contributed by atoms with E-state index in [9.17, 15) is 9.59 Å². The third kappa shape index (κ3) is 2.14. The lowest BCUT2D eigenvalue weighted by molar-refractivity contribution is -0.142. The van der Waals surface area contributed by atoms with Crippen LogP contribution in [0.25, 0.3) is 32.8 Å². The molecule has 4 aromatic rings. The second-order valence-corrected chi connectivity index (χ2v) is 7.60. The third-order valence-corrected chi connectivity index (χ3v) is 5.44. The molecule has 1 unspecified atom stereocenters. The summed E-state index contributed by atoms with van der Waals surface area (Å²) in [6.07, 6.45) is 3.17. The van der Waals surface area contributed by atoms with E-state index in [4.69, 9.17) is 5.26 Å². The van der Waals surface area contributed by atoms with E-state index in [0.717, 1.165) is 5.39 Å². The molecule has 0 radical (unpaired) electrons. The molecule has 3 aromatic heterocycles. The van der Waals surface area contributed by atoms with E-state index in [1.807, 2.05) is 19.9 Å². The molecular formula is C19H17N7O2. The minimum absolute atomic E-state index is 0.0493. The number of nitrogens with zero attached hydrogens (tertiary/aromatic N) is 6. The molecule has 0 saturated carbocycles. The van der Waals surface area contributed by atoms with Crippen LogP contribution in [0.3, 0.4) is 0 Å². The number of likely N-dealkylation sites (tertiary alicyclic amines) is 1. The van der Waals surface area contributed by atoms with Crippen molar-refractivity contribution < 1.29 is 4.79 Å². The van der Waals surface area contributed by atoms with Gasteiger partial charge in [-0.1, -0.05) is 13.8 Å². The maximum Gasteiger partial charge on any atom is 0.249 e. The first kappa shape index (κ1) is 16.6. The molecule has 9 heteroatoms. The van der Waals surface area contributed by atoms with Gasteiger partial charge in [-0.2, -0.15) is 15.2 Å². The summed E-state index contributed by atoms with van der Waals surface area (Å²) in [5.74, 6) is -0.259. The Bertz CT molecular complexity index is 1320. The van der Waals surface area contributed by atoms with Crippen LogP contribution in [0.4, 0.5) is 0 Å². The number of aromatic nitrogens is 5. The van der Waals surface area contributed by atoms with Crippen molar-refractivity contribution in [2.75, 3.05) is 13.1 Å². The number of rotatable bonds is 3. The fourth-order valence-corrected chi connectivity index (χ4v) is 3.94. The first-order chi connectivity index (χ1) is 13.5. The van der Waals surface area contributed by atoms with Gasteiger partial charge in [-0.15, -0.1) is 0 Å². The van der Waals surface area contributed by atoms with Crippen molar-refractivity contribution in [1.29, 1.82) is 5.26 Å². The summed E-state index contributed by atoms with van der Waals surface area (Å²) in [4.78, 5) is 37.5. The standard InChI is InChI=1S/C19H17N7O2/c1-9(2)16(19(28)25-7-10(5-20)8-25)26-23-14-11-3-4-21-18-13(11)12(6-22-18)17(27)15(14)24-26/h3-4,6,9-10,16,23H,7-8H2,1-2H3. The second kappa shape index (κ2) is 5.73. The Morgan fingerprint density at radius 1 is 1.32 bits per heavy atom. The number of H-pyrrole nitrogens is 1. The SMILES string of the molecule is CC(C)C(C(=O)N1CC(C#N)C1)n1nc2c(=O)c3cnc4nccc(c2[nH]1)c43. The first-order valence-electron chi connectivity index (χ1n) is 9.15. The molecule has 1 amide bonds. The Morgan fingerprint density at radius 2 is 2.11 bits per heavy atom. The van der Waals surface area contributed by atoms with Gasteiger partial charge >= 0.3 is 0 Å². The van der Waals surface area contributed by atoms with E-state index in [-0.39, 0.29) is 28.7 Å². The van der Waals surface area contributed by atoms with Crippen LogP contribution in [-0.2, 0) is 4.79 Å². The average molecular weight is 375 g/mol. The summed E-state index contributed by atoms with van der Waals surface area (Å²) >= 11 is 0. The summed E-state index contributed by atoms with van der Waals surface area (Å²) in [6.45, 7) is 4.74. The molecule has 0 spiro atoms. The smallest absolute Gasteiger partial charge is 0.249 e. The van der Waals surface area contributed by atoms with Crippen molar-refractivity contribution in [2.45, 2.75) is 19.9 Å². The lowest BCUT2D eigenvalue weighted by Crippen LogP contribution is -2.52. The number of hydrogen-bond acceptors (Lipinski definition) is 6. The predicted molar refractivity (Wildman–Crippen MR) is 102 cm³/mol. The van der Waals surface area contributed by atoms with Crippen LogP contribution in [0, 0.1) is 23.2 Å². The summed E-state index contributed by atoms with van der Waals surface area (Å²) in [6, 6.07) is 3.42. The van der Waals surface area contributed by atoms with Gasteiger partial charge in [-0.05, 0) is 12.0 Å². The highest BCUT2D eigenvalue weighted by atomic mass is 16.2. The van der Waals surface area contributed by atoms with Crippen molar-refractivity contribution in [3.8, 4) is 6.07 Å².